The van der Waals surface area contributed by atoms with Crippen molar-refractivity contribution in [3.8, 4) is 67.5 Å². The van der Waals surface area contributed by atoms with Gasteiger partial charge < -0.3 is 32.1 Å². The van der Waals surface area contributed by atoms with E-state index in [1.165, 1.54) is 98.1 Å². The van der Waals surface area contributed by atoms with Crippen molar-refractivity contribution in [2.45, 2.75) is 32.4 Å². The number of carboxylic acid groups (broad SMARTS) is 2. The van der Waals surface area contributed by atoms with Gasteiger partial charge in [0, 0.05) is 103 Å². The fourth-order valence-electron chi connectivity index (χ4n) is 10.2. The Bertz CT molecular complexity index is 5320. The molecule has 0 radical (unpaired) electrons. The Balaban J connectivity index is 0.000000238. The van der Waals surface area contributed by atoms with Gasteiger partial charge in [-0.2, -0.15) is 54.8 Å². The molecule has 22 nitrogen and oxygen atoms in total. The van der Waals surface area contributed by atoms with Crippen molar-refractivity contribution in [2.75, 3.05) is 16.4 Å². The van der Waals surface area contributed by atoms with Crippen molar-refractivity contribution < 1.29 is 131 Å². The normalized spacial score (nSPS) is 11.0. The minimum Gasteiger partial charge on any atom is -0.870 e. The number of hydrogen-bond acceptors (Lipinski definition) is 15. The van der Waals surface area contributed by atoms with E-state index in [0.29, 0.717) is 39.8 Å². The Morgan fingerprint density at radius 1 is 0.434 bits per heavy atom. The fourth-order valence-corrected chi connectivity index (χ4v) is 10.2. The van der Waals surface area contributed by atoms with E-state index in [1.54, 1.807) is 72.9 Å². The number of aromatic carboxylic acids is 2. The van der Waals surface area contributed by atoms with Crippen molar-refractivity contribution >= 4 is 91.3 Å². The van der Waals surface area contributed by atoms with E-state index in [-0.39, 0.29) is 110 Å². The molecule has 2 amide bonds. The number of aryl methyl sites for hydroxylation is 3. The summed E-state index contributed by atoms with van der Waals surface area (Å²) in [6.07, 6.45) is -6.34. The third kappa shape index (κ3) is 24.3. The van der Waals surface area contributed by atoms with Crippen LogP contribution >= 0.6 is 38.9 Å². The molecular formula is C74H55Cl3F12N12NaO10P. The number of ketones is 2. The summed E-state index contributed by atoms with van der Waals surface area (Å²) in [7, 11) is 4.52. The number of amides is 2. The largest absolute Gasteiger partial charge is 1.00 e. The summed E-state index contributed by atoms with van der Waals surface area (Å²) in [5, 5.41) is 31.5. The van der Waals surface area contributed by atoms with E-state index < -0.39 is 115 Å². The molecule has 0 saturated heterocycles. The van der Waals surface area contributed by atoms with Crippen LogP contribution in [0.25, 0.3) is 67.5 Å². The summed E-state index contributed by atoms with van der Waals surface area (Å²) in [6, 6.07) is 37.9. The van der Waals surface area contributed by atoms with Crippen molar-refractivity contribution in [1.82, 2.24) is 44.3 Å². The smallest absolute Gasteiger partial charge is 0.870 e. The summed E-state index contributed by atoms with van der Waals surface area (Å²) < 4.78 is 177. The first-order chi connectivity index (χ1) is 52.0. The second-order valence-corrected chi connectivity index (χ2v) is 29.9. The summed E-state index contributed by atoms with van der Waals surface area (Å²) in [5.74, 6) is -9.60. The number of rotatable bonds is 14. The molecule has 0 aliphatic carbocycles. The Morgan fingerprint density at radius 2 is 0.717 bits per heavy atom. The molecular weight excluding hydrogens is 1610 g/mol. The zero-order valence-corrected chi connectivity index (χ0v) is 64.1. The first-order valence-corrected chi connectivity index (χ1v) is 35.8. The van der Waals surface area contributed by atoms with E-state index in [0.717, 1.165) is 30.0 Å². The summed E-state index contributed by atoms with van der Waals surface area (Å²) in [4.78, 5) is 83.9. The van der Waals surface area contributed by atoms with Crippen LogP contribution in [0.1, 0.15) is 92.7 Å². The molecule has 12 rings (SSSR count). The maximum Gasteiger partial charge on any atom is 1.00 e. The van der Waals surface area contributed by atoms with Gasteiger partial charge in [0.2, 0.25) is 0 Å². The minimum absolute atomic E-state index is 0. The molecule has 0 unspecified atom stereocenters. The van der Waals surface area contributed by atoms with Crippen molar-refractivity contribution in [3.63, 3.8) is 0 Å². The van der Waals surface area contributed by atoms with Crippen LogP contribution in [0.15, 0.2) is 201 Å². The maximum absolute atomic E-state index is 14.8. The van der Waals surface area contributed by atoms with Gasteiger partial charge in [-0.3, -0.25) is 52.7 Å². The molecule has 0 bridgehead atoms. The molecule has 0 atom stereocenters. The average molecular weight is 1660 g/mol. The maximum atomic E-state index is 14.8. The number of nitrogens with one attached hydrogen (secondary N) is 2. The first kappa shape index (κ1) is 90.5. The van der Waals surface area contributed by atoms with Crippen LogP contribution in [0, 0.1) is 17.5 Å². The number of nitrogens with two attached hydrogens (primary N) is 1. The van der Waals surface area contributed by atoms with Gasteiger partial charge in [0.1, 0.15) is 17.5 Å². The number of halogens is 15. The fraction of sp³-hybridized carbons (Fsp3) is 0.108. The quantitative estimate of drug-likeness (QED) is 0.0292. The van der Waals surface area contributed by atoms with E-state index in [4.69, 9.17) is 10.8 Å². The topological polar surface area (TPSA) is 332 Å². The molecule has 0 aliphatic heterocycles. The zero-order chi connectivity index (χ0) is 81.8. The standard InChI is InChI=1S/C25H18F4N4O2.C24H16F4N4O3.C13H12N2O.C12H8F4N2O2.Cl3OP.Na.H2O/c1-14(34)16-10-22(23(30-13-16)15-6-4-3-5-7-15)31-24(35)18-11-17(21-8-9-33(2)32-21)19(12-20(18)26)25(27,28)29;1-32-8-7-19(31-32)15-10-16(18(25)11-17(15)24(26,27)28)22(33)30-20-9-14(23(34)35)12-29-21(20)13-5-3-2-4-6-13;1-9(16)11-7-12(14)13(15-8-11)10-5-3-2-4-6-10;1-18-3-2-10(17-18)6-4-7(11(19)20)9(13)5-8(6)12(14,15)16;1-5(2,3)4;;/h3-13H,1-2H3,(H,31,35);2-12H,1H3,(H,30,33)(H,34,35);2-8H,14H2,1H3;2-5H,1H3,(H,19,20);;;1H2/q;;;;;+1;/p-1. The molecule has 0 spiro atoms. The number of nitrogen functional groups attached to an aromatic ring is 1. The number of benzene rings is 6. The molecule has 0 fully saturated rings. The molecule has 0 aliphatic rings. The minimum atomic E-state index is -4.90. The van der Waals surface area contributed by atoms with Crippen LogP contribution < -0.4 is 45.9 Å². The second kappa shape index (κ2) is 38.2. The number of Topliss-reactive ketones (excluding diaryl/α,β-unsaturated/α-hetero) is 2. The molecule has 6 aromatic carbocycles. The predicted octanol–water partition coefficient (Wildman–Crippen LogP) is 16.1. The van der Waals surface area contributed by atoms with Crippen LogP contribution in [0.2, 0.25) is 0 Å². The third-order valence-electron chi connectivity index (χ3n) is 15.3. The number of hydrogen-bond donors (Lipinski definition) is 5. The second-order valence-electron chi connectivity index (χ2n) is 23.3. The molecule has 6 heterocycles. The van der Waals surface area contributed by atoms with Crippen molar-refractivity contribution in [3.05, 3.63) is 268 Å². The third-order valence-corrected chi connectivity index (χ3v) is 15.3. The Morgan fingerprint density at radius 3 is 1.00 bits per heavy atom. The van der Waals surface area contributed by atoms with E-state index in [9.17, 15) is 91.1 Å². The molecule has 7 N–H and O–H groups in total. The Labute approximate surface area is 668 Å². The summed E-state index contributed by atoms with van der Waals surface area (Å²) in [5.41, 5.74) is 2.65. The number of nitrogens with zero attached hydrogens (tertiary/aromatic N) is 9. The number of aromatic nitrogens is 9. The van der Waals surface area contributed by atoms with Crippen LogP contribution in [0.5, 0.6) is 0 Å². The van der Waals surface area contributed by atoms with Gasteiger partial charge in [0.25, 0.3) is 11.8 Å². The van der Waals surface area contributed by atoms with Crippen molar-refractivity contribution in [2.24, 2.45) is 21.1 Å². The number of anilines is 3. The molecule has 582 valence electrons. The van der Waals surface area contributed by atoms with E-state index >= 15 is 0 Å². The first-order valence-electron chi connectivity index (χ1n) is 31.4. The molecule has 6 aromatic heterocycles. The van der Waals surface area contributed by atoms with Gasteiger partial charge in [-0.15, -0.1) is 0 Å². The Hall–Kier alpha value is -11.4. The molecule has 39 heteroatoms. The summed E-state index contributed by atoms with van der Waals surface area (Å²) >= 11 is 13.8. The van der Waals surface area contributed by atoms with E-state index in [1.807, 2.05) is 30.3 Å². The predicted molar refractivity (Wildman–Crippen MR) is 391 cm³/mol. The van der Waals surface area contributed by atoms with E-state index in [2.05, 4.69) is 74.6 Å². The van der Waals surface area contributed by atoms with Gasteiger partial charge in [0.15, 0.2) is 11.6 Å². The summed E-state index contributed by atoms with van der Waals surface area (Å²) in [6.45, 7) is 2.82. The van der Waals surface area contributed by atoms with Crippen LogP contribution in [-0.4, -0.2) is 95.3 Å². The molecule has 0 saturated carbocycles. The number of alkyl halides is 9. The van der Waals surface area contributed by atoms with Gasteiger partial charge >= 0.3 is 65.2 Å². The van der Waals surface area contributed by atoms with Gasteiger partial charge in [-0.1, -0.05) is 91.0 Å². The van der Waals surface area contributed by atoms with Crippen LogP contribution in [-0.2, 0) is 44.2 Å². The number of carboxylic acids is 2. The van der Waals surface area contributed by atoms with Crippen LogP contribution in [0.4, 0.5) is 69.7 Å². The number of carbonyl (C=O) groups excluding carboxylic acids is 4. The van der Waals surface area contributed by atoms with Gasteiger partial charge in [-0.25, -0.2) is 22.8 Å². The monoisotopic (exact) mass is 1660 g/mol. The number of pyridine rings is 3. The van der Waals surface area contributed by atoms with Gasteiger partial charge in [-0.05, 0) is 120 Å². The SMILES string of the molecule is CC(=O)c1cnc(-c2ccccc2)c(N)c1.CC(=O)c1cnc(-c2ccccc2)c(NC(=O)c2cc(-c3ccn(C)n3)c(C(F)(F)F)cc2F)c1.Cn1ccc(-c2cc(C(=O)Nc3cc(C(=O)O)cnc3-c3ccccc3)c(F)cc2C(F)(F)F)n1.Cn1ccc(-c2cc(C(=O)O)c(F)cc2C(F)(F)F)n1.O=P(Cl)(Cl)Cl.[Na+].[OH-]. The van der Waals surface area contributed by atoms with Gasteiger partial charge in [0.05, 0.1) is 90.2 Å². The molecule has 113 heavy (non-hydrogen) atoms. The number of carbonyl (C=O) groups is 6. The molecule has 12 aromatic rings. The van der Waals surface area contributed by atoms with Crippen LogP contribution in [0.3, 0.4) is 0 Å². The average Bonchev–Trinajstić information content (AvgIpc) is 1.77. The van der Waals surface area contributed by atoms with Crippen molar-refractivity contribution in [1.29, 1.82) is 0 Å². The zero-order valence-electron chi connectivity index (χ0n) is 59.0. The Kier molecular flexibility index (Phi) is 30.6.